The number of halogens is 1. The number of rotatable bonds is 3. The Morgan fingerprint density at radius 2 is 2.15 bits per heavy atom. The van der Waals surface area contributed by atoms with E-state index in [1.807, 2.05) is 31.3 Å². The van der Waals surface area contributed by atoms with E-state index in [0.717, 1.165) is 35.7 Å². The SMILES string of the molecule is CN(CC1Cc2cc(F)ccc2O1)c1cccc(N)c1. The Bertz CT molecular complexity index is 630. The Kier molecular flexibility index (Phi) is 3.22. The smallest absolute Gasteiger partial charge is 0.123 e. The van der Waals surface area contributed by atoms with Gasteiger partial charge in [-0.2, -0.15) is 0 Å². The van der Waals surface area contributed by atoms with Gasteiger partial charge in [0.15, 0.2) is 0 Å². The van der Waals surface area contributed by atoms with Gasteiger partial charge >= 0.3 is 0 Å². The average Bonchev–Trinajstić information content (AvgIpc) is 2.80. The van der Waals surface area contributed by atoms with Gasteiger partial charge in [-0.05, 0) is 36.4 Å². The molecule has 2 aromatic carbocycles. The highest BCUT2D eigenvalue weighted by atomic mass is 19.1. The fraction of sp³-hybridized carbons (Fsp3) is 0.250. The van der Waals surface area contributed by atoms with Gasteiger partial charge in [0.25, 0.3) is 0 Å². The maximum atomic E-state index is 13.2. The molecule has 2 N–H and O–H groups in total. The van der Waals surface area contributed by atoms with Crippen LogP contribution in [-0.4, -0.2) is 19.7 Å². The van der Waals surface area contributed by atoms with Gasteiger partial charge in [0.1, 0.15) is 17.7 Å². The van der Waals surface area contributed by atoms with Gasteiger partial charge in [-0.1, -0.05) is 6.07 Å². The van der Waals surface area contributed by atoms with Gasteiger partial charge in [-0.25, -0.2) is 4.39 Å². The molecule has 0 radical (unpaired) electrons. The van der Waals surface area contributed by atoms with E-state index in [9.17, 15) is 4.39 Å². The molecule has 0 bridgehead atoms. The Morgan fingerprint density at radius 1 is 1.30 bits per heavy atom. The summed E-state index contributed by atoms with van der Waals surface area (Å²) >= 11 is 0. The van der Waals surface area contributed by atoms with Crippen LogP contribution < -0.4 is 15.4 Å². The van der Waals surface area contributed by atoms with Crippen LogP contribution in [0, 0.1) is 5.82 Å². The van der Waals surface area contributed by atoms with Gasteiger partial charge in [-0.3, -0.25) is 0 Å². The predicted molar refractivity (Wildman–Crippen MR) is 78.6 cm³/mol. The lowest BCUT2D eigenvalue weighted by atomic mass is 10.1. The lowest BCUT2D eigenvalue weighted by Gasteiger charge is -2.23. The molecule has 0 aromatic heterocycles. The van der Waals surface area contributed by atoms with Crippen molar-refractivity contribution in [3.63, 3.8) is 0 Å². The molecular formula is C16H17FN2O. The molecule has 1 heterocycles. The topological polar surface area (TPSA) is 38.5 Å². The number of ether oxygens (including phenoxy) is 1. The Balaban J connectivity index is 1.68. The molecule has 1 aliphatic rings. The molecule has 3 nitrogen and oxygen atoms in total. The highest BCUT2D eigenvalue weighted by molar-refractivity contribution is 5.55. The maximum Gasteiger partial charge on any atom is 0.123 e. The molecule has 1 aliphatic heterocycles. The van der Waals surface area contributed by atoms with Crippen molar-refractivity contribution in [3.05, 3.63) is 53.8 Å². The van der Waals surface area contributed by atoms with Crippen molar-refractivity contribution in [1.29, 1.82) is 0 Å². The van der Waals surface area contributed by atoms with Gasteiger partial charge < -0.3 is 15.4 Å². The molecule has 0 spiro atoms. The van der Waals surface area contributed by atoms with Crippen LogP contribution in [0.2, 0.25) is 0 Å². The van der Waals surface area contributed by atoms with E-state index in [-0.39, 0.29) is 11.9 Å². The van der Waals surface area contributed by atoms with E-state index in [4.69, 9.17) is 10.5 Å². The Labute approximate surface area is 117 Å². The molecule has 1 atom stereocenters. The monoisotopic (exact) mass is 272 g/mol. The van der Waals surface area contributed by atoms with Gasteiger partial charge in [0.2, 0.25) is 0 Å². The van der Waals surface area contributed by atoms with E-state index < -0.39 is 0 Å². The third-order valence-electron chi connectivity index (χ3n) is 3.55. The van der Waals surface area contributed by atoms with Crippen molar-refractivity contribution in [2.75, 3.05) is 24.2 Å². The molecule has 2 aromatic rings. The molecule has 0 fully saturated rings. The summed E-state index contributed by atoms with van der Waals surface area (Å²) in [5, 5.41) is 0. The minimum Gasteiger partial charge on any atom is -0.488 e. The lowest BCUT2D eigenvalue weighted by Crippen LogP contribution is -2.31. The number of likely N-dealkylation sites (N-methyl/N-ethyl adjacent to an activating group) is 1. The van der Waals surface area contributed by atoms with Gasteiger partial charge in [0.05, 0.1) is 6.54 Å². The van der Waals surface area contributed by atoms with E-state index in [2.05, 4.69) is 4.90 Å². The highest BCUT2D eigenvalue weighted by Gasteiger charge is 2.24. The van der Waals surface area contributed by atoms with Crippen LogP contribution >= 0.6 is 0 Å². The molecule has 0 saturated heterocycles. The number of hydrogen-bond donors (Lipinski definition) is 1. The molecule has 3 rings (SSSR count). The first-order valence-electron chi connectivity index (χ1n) is 6.63. The van der Waals surface area contributed by atoms with Crippen LogP contribution in [0.25, 0.3) is 0 Å². The van der Waals surface area contributed by atoms with E-state index >= 15 is 0 Å². The van der Waals surface area contributed by atoms with Crippen LogP contribution in [0.3, 0.4) is 0 Å². The molecule has 0 saturated carbocycles. The lowest BCUT2D eigenvalue weighted by molar-refractivity contribution is 0.239. The number of nitrogen functional groups attached to an aromatic ring is 1. The fourth-order valence-electron chi connectivity index (χ4n) is 2.56. The van der Waals surface area contributed by atoms with Crippen LogP contribution in [-0.2, 0) is 6.42 Å². The van der Waals surface area contributed by atoms with Gasteiger partial charge in [0, 0.05) is 30.4 Å². The highest BCUT2D eigenvalue weighted by Crippen LogP contribution is 2.30. The summed E-state index contributed by atoms with van der Waals surface area (Å²) in [6, 6.07) is 12.4. The number of hydrogen-bond acceptors (Lipinski definition) is 3. The van der Waals surface area contributed by atoms with Crippen molar-refractivity contribution in [1.82, 2.24) is 0 Å². The largest absolute Gasteiger partial charge is 0.488 e. The zero-order chi connectivity index (χ0) is 14.1. The van der Waals surface area contributed by atoms with Crippen LogP contribution in [0.15, 0.2) is 42.5 Å². The minimum absolute atomic E-state index is 0.0400. The first-order chi connectivity index (χ1) is 9.61. The number of anilines is 2. The fourth-order valence-corrected chi connectivity index (χ4v) is 2.56. The third-order valence-corrected chi connectivity index (χ3v) is 3.55. The zero-order valence-corrected chi connectivity index (χ0v) is 11.3. The number of fused-ring (bicyclic) bond motifs is 1. The van der Waals surface area contributed by atoms with E-state index in [1.54, 1.807) is 12.1 Å². The summed E-state index contributed by atoms with van der Waals surface area (Å²) in [4.78, 5) is 2.10. The summed E-state index contributed by atoms with van der Waals surface area (Å²) in [6.45, 7) is 0.736. The summed E-state index contributed by atoms with van der Waals surface area (Å²) in [5.41, 5.74) is 8.53. The molecule has 1 unspecified atom stereocenters. The summed E-state index contributed by atoms with van der Waals surface area (Å²) in [7, 11) is 2.00. The van der Waals surface area contributed by atoms with Crippen LogP contribution in [0.1, 0.15) is 5.56 Å². The zero-order valence-electron chi connectivity index (χ0n) is 11.3. The number of nitrogens with two attached hydrogens (primary N) is 1. The molecule has 0 aliphatic carbocycles. The van der Waals surface area contributed by atoms with Crippen molar-refractivity contribution in [3.8, 4) is 5.75 Å². The maximum absolute atomic E-state index is 13.2. The average molecular weight is 272 g/mol. The molecule has 0 amide bonds. The quantitative estimate of drug-likeness (QED) is 0.873. The minimum atomic E-state index is -0.211. The molecule has 104 valence electrons. The standard InChI is InChI=1S/C16H17FN2O/c1-19(14-4-2-3-13(18)9-14)10-15-8-11-7-12(17)5-6-16(11)20-15/h2-7,9,15H,8,10,18H2,1H3. The summed E-state index contributed by atoms with van der Waals surface area (Å²) in [6.07, 6.45) is 0.776. The van der Waals surface area contributed by atoms with Crippen LogP contribution in [0.5, 0.6) is 5.75 Å². The van der Waals surface area contributed by atoms with Crippen molar-refractivity contribution in [2.24, 2.45) is 0 Å². The molecule has 20 heavy (non-hydrogen) atoms. The third kappa shape index (κ3) is 2.54. The first-order valence-corrected chi connectivity index (χ1v) is 6.63. The molecular weight excluding hydrogens is 255 g/mol. The van der Waals surface area contributed by atoms with Crippen LogP contribution in [0.4, 0.5) is 15.8 Å². The van der Waals surface area contributed by atoms with E-state index in [1.165, 1.54) is 6.07 Å². The normalized spacial score (nSPS) is 16.6. The Hall–Kier alpha value is -2.23. The summed E-state index contributed by atoms with van der Waals surface area (Å²) < 4.78 is 19.0. The first kappa shape index (κ1) is 12.8. The second kappa shape index (κ2) is 5.04. The predicted octanol–water partition coefficient (Wildman–Crippen LogP) is 2.85. The van der Waals surface area contributed by atoms with Gasteiger partial charge in [-0.15, -0.1) is 0 Å². The van der Waals surface area contributed by atoms with Crippen molar-refractivity contribution >= 4 is 11.4 Å². The number of benzene rings is 2. The summed E-state index contributed by atoms with van der Waals surface area (Å²) in [5.74, 6) is 0.578. The Morgan fingerprint density at radius 3 is 2.95 bits per heavy atom. The van der Waals surface area contributed by atoms with Crippen molar-refractivity contribution < 1.29 is 9.13 Å². The van der Waals surface area contributed by atoms with E-state index in [0.29, 0.717) is 0 Å². The second-order valence-corrected chi connectivity index (χ2v) is 5.17. The van der Waals surface area contributed by atoms with Crippen molar-refractivity contribution in [2.45, 2.75) is 12.5 Å². The second-order valence-electron chi connectivity index (χ2n) is 5.17. The number of nitrogens with zero attached hydrogens (tertiary/aromatic N) is 1. The molecule has 4 heteroatoms.